The van der Waals surface area contributed by atoms with Crippen molar-refractivity contribution in [3.63, 3.8) is 0 Å². The lowest BCUT2D eigenvalue weighted by atomic mass is 10.3. The molecule has 0 aliphatic rings. The zero-order valence-electron chi connectivity index (χ0n) is 11.5. The molecule has 0 atom stereocenters. The average molecular weight is 270 g/mol. The van der Waals surface area contributed by atoms with E-state index in [4.69, 9.17) is 4.52 Å². The van der Waals surface area contributed by atoms with E-state index in [1.807, 2.05) is 13.8 Å². The second kappa shape index (κ2) is 6.33. The van der Waals surface area contributed by atoms with Crippen LogP contribution in [0.2, 0.25) is 0 Å². The first-order chi connectivity index (χ1) is 8.85. The van der Waals surface area contributed by atoms with E-state index in [1.54, 1.807) is 11.8 Å². The van der Waals surface area contributed by atoms with Crippen LogP contribution >= 0.6 is 0 Å². The predicted molar refractivity (Wildman–Crippen MR) is 67.1 cm³/mol. The summed E-state index contributed by atoms with van der Waals surface area (Å²) in [6.45, 7) is 5.15. The Labute approximate surface area is 110 Å². The lowest BCUT2D eigenvalue weighted by molar-refractivity contribution is -0.142. The fraction of sp³-hybridized carbons (Fsp3) is 0.583. The minimum Gasteiger partial charge on any atom is -0.468 e. The van der Waals surface area contributed by atoms with Gasteiger partial charge in [-0.25, -0.2) is 0 Å². The van der Waals surface area contributed by atoms with Crippen LogP contribution in [0.25, 0.3) is 0 Å². The van der Waals surface area contributed by atoms with Crippen LogP contribution in [0, 0.1) is 6.92 Å². The number of aryl methyl sites for hydroxylation is 1. The maximum absolute atomic E-state index is 11.9. The third kappa shape index (κ3) is 4.06. The van der Waals surface area contributed by atoms with E-state index in [0.29, 0.717) is 10.5 Å². The Bertz CT molecular complexity index is 514. The van der Waals surface area contributed by atoms with Crippen LogP contribution in [-0.4, -0.2) is 47.8 Å². The molecule has 7 nitrogen and oxygen atoms in total. The Balaban J connectivity index is 2.79. The molecule has 0 unspecified atom stereocenters. The van der Waals surface area contributed by atoms with E-state index in [2.05, 4.69) is 4.74 Å². The Morgan fingerprint density at radius 1 is 1.42 bits per heavy atom. The van der Waals surface area contributed by atoms with Crippen LogP contribution in [-0.2, 0) is 9.53 Å². The van der Waals surface area contributed by atoms with Gasteiger partial charge in [-0.3, -0.25) is 19.3 Å². The zero-order valence-corrected chi connectivity index (χ0v) is 11.5. The summed E-state index contributed by atoms with van der Waals surface area (Å²) in [7, 11) is 1.28. The molecule has 0 amide bonds. The monoisotopic (exact) mass is 270 g/mol. The summed E-state index contributed by atoms with van der Waals surface area (Å²) in [5, 5.41) is 0. The fourth-order valence-corrected chi connectivity index (χ4v) is 1.51. The molecule has 1 aromatic heterocycles. The number of hydrogen-bond donors (Lipinski definition) is 0. The average Bonchev–Trinajstić information content (AvgIpc) is 2.67. The summed E-state index contributed by atoms with van der Waals surface area (Å²) in [5.74, 6) is -0.595. The van der Waals surface area contributed by atoms with Gasteiger partial charge in [0.2, 0.25) is 0 Å². The molecule has 0 fully saturated rings. The van der Waals surface area contributed by atoms with Crippen molar-refractivity contribution in [1.82, 2.24) is 9.64 Å². The minimum absolute atomic E-state index is 0.0195. The lowest BCUT2D eigenvalue weighted by Gasteiger charge is -2.23. The highest BCUT2D eigenvalue weighted by Gasteiger charge is 2.21. The summed E-state index contributed by atoms with van der Waals surface area (Å²) in [6, 6.07) is 1.19. The second-order valence-corrected chi connectivity index (χ2v) is 4.45. The fourth-order valence-electron chi connectivity index (χ4n) is 1.51. The van der Waals surface area contributed by atoms with E-state index < -0.39 is 17.4 Å². The Kier molecular flexibility index (Phi) is 5.05. The van der Waals surface area contributed by atoms with Crippen LogP contribution in [0.3, 0.4) is 0 Å². The van der Waals surface area contributed by atoms with E-state index in [9.17, 15) is 14.4 Å². The molecule has 0 aliphatic heterocycles. The number of aromatic nitrogens is 1. The molecule has 0 radical (unpaired) electrons. The van der Waals surface area contributed by atoms with Crippen LogP contribution < -0.4 is 5.56 Å². The van der Waals surface area contributed by atoms with Gasteiger partial charge >= 0.3 is 5.97 Å². The van der Waals surface area contributed by atoms with Crippen molar-refractivity contribution in [1.29, 1.82) is 0 Å². The summed E-state index contributed by atoms with van der Waals surface area (Å²) in [4.78, 5) is 36.2. The molecular weight excluding hydrogens is 252 g/mol. The summed E-state index contributed by atoms with van der Waals surface area (Å²) >= 11 is 0. The van der Waals surface area contributed by atoms with E-state index >= 15 is 0 Å². The van der Waals surface area contributed by atoms with Gasteiger partial charge < -0.3 is 9.26 Å². The SMILES string of the molecule is COC(=O)CN(CC(=O)n1oc(C)cc1=O)C(C)C. The van der Waals surface area contributed by atoms with Crippen molar-refractivity contribution in [2.45, 2.75) is 26.8 Å². The van der Waals surface area contributed by atoms with Crippen molar-refractivity contribution >= 4 is 11.9 Å². The number of carbonyl (C=O) groups excluding carboxylic acids is 2. The van der Waals surface area contributed by atoms with Crippen LogP contribution in [0.15, 0.2) is 15.4 Å². The maximum atomic E-state index is 11.9. The highest BCUT2D eigenvalue weighted by atomic mass is 16.5. The van der Waals surface area contributed by atoms with Crippen molar-refractivity contribution in [2.24, 2.45) is 0 Å². The first-order valence-electron chi connectivity index (χ1n) is 5.89. The number of hydrogen-bond acceptors (Lipinski definition) is 6. The van der Waals surface area contributed by atoms with Gasteiger partial charge in [0.15, 0.2) is 0 Å². The highest BCUT2D eigenvalue weighted by molar-refractivity contribution is 5.80. The Morgan fingerprint density at radius 3 is 2.47 bits per heavy atom. The molecule has 0 bridgehead atoms. The summed E-state index contributed by atoms with van der Waals surface area (Å²) in [5.41, 5.74) is -0.510. The van der Waals surface area contributed by atoms with E-state index in [1.165, 1.54) is 13.2 Å². The smallest absolute Gasteiger partial charge is 0.319 e. The van der Waals surface area contributed by atoms with Gasteiger partial charge in [-0.1, -0.05) is 0 Å². The van der Waals surface area contributed by atoms with Crippen molar-refractivity contribution < 1.29 is 18.8 Å². The van der Waals surface area contributed by atoms with E-state index in [-0.39, 0.29) is 19.1 Å². The molecule has 0 spiro atoms. The lowest BCUT2D eigenvalue weighted by Crippen LogP contribution is -2.42. The number of methoxy groups -OCH3 is 1. The number of ether oxygens (including phenoxy) is 1. The molecule has 0 aromatic carbocycles. The number of carbonyl (C=O) groups is 2. The van der Waals surface area contributed by atoms with E-state index in [0.717, 1.165) is 0 Å². The van der Waals surface area contributed by atoms with Gasteiger partial charge in [0.05, 0.1) is 20.2 Å². The quantitative estimate of drug-likeness (QED) is 0.714. The first-order valence-corrected chi connectivity index (χ1v) is 5.89. The summed E-state index contributed by atoms with van der Waals surface area (Å²) < 4.78 is 10.3. The molecule has 7 heteroatoms. The molecular formula is C12H18N2O5. The Morgan fingerprint density at radius 2 is 2.05 bits per heavy atom. The third-order valence-corrected chi connectivity index (χ3v) is 2.62. The van der Waals surface area contributed by atoms with Crippen molar-refractivity contribution in [2.75, 3.05) is 20.2 Å². The number of nitrogens with zero attached hydrogens (tertiary/aromatic N) is 2. The first kappa shape index (κ1) is 15.2. The molecule has 0 saturated heterocycles. The number of rotatable bonds is 5. The number of esters is 1. The van der Waals surface area contributed by atoms with Gasteiger partial charge in [-0.05, 0) is 20.8 Å². The normalized spacial score (nSPS) is 11.1. The standard InChI is InChI=1S/C12H18N2O5/c1-8(2)13(7-12(17)18-4)6-11(16)14-10(15)5-9(3)19-14/h5,8H,6-7H2,1-4H3. The molecule has 0 N–H and O–H groups in total. The molecule has 1 heterocycles. The third-order valence-electron chi connectivity index (χ3n) is 2.62. The van der Waals surface area contributed by atoms with Crippen molar-refractivity contribution in [3.8, 4) is 0 Å². The molecule has 0 aliphatic carbocycles. The Hall–Kier alpha value is -1.89. The molecule has 19 heavy (non-hydrogen) atoms. The van der Waals surface area contributed by atoms with Gasteiger partial charge in [0, 0.05) is 12.1 Å². The van der Waals surface area contributed by atoms with Gasteiger partial charge in [-0.2, -0.15) is 0 Å². The van der Waals surface area contributed by atoms with Crippen molar-refractivity contribution in [3.05, 3.63) is 22.2 Å². The second-order valence-electron chi connectivity index (χ2n) is 4.45. The molecule has 0 saturated carbocycles. The molecule has 106 valence electrons. The molecule has 1 rings (SSSR count). The van der Waals surface area contributed by atoms with Gasteiger partial charge in [-0.15, -0.1) is 4.74 Å². The minimum atomic E-state index is -0.518. The van der Waals surface area contributed by atoms with Crippen LogP contribution in [0.5, 0.6) is 0 Å². The highest BCUT2D eigenvalue weighted by Crippen LogP contribution is 2.01. The zero-order chi connectivity index (χ0) is 14.6. The predicted octanol–water partition coefficient (Wildman–Crippen LogP) is 0.273. The van der Waals surface area contributed by atoms with Gasteiger partial charge in [0.25, 0.3) is 11.5 Å². The topological polar surface area (TPSA) is 81.8 Å². The summed E-state index contributed by atoms with van der Waals surface area (Å²) in [6.07, 6.45) is 0. The van der Waals surface area contributed by atoms with Crippen LogP contribution in [0.4, 0.5) is 0 Å². The van der Waals surface area contributed by atoms with Gasteiger partial charge in [0.1, 0.15) is 5.76 Å². The largest absolute Gasteiger partial charge is 0.468 e. The maximum Gasteiger partial charge on any atom is 0.319 e. The molecule has 1 aromatic rings. The van der Waals surface area contributed by atoms with Crippen LogP contribution in [0.1, 0.15) is 24.4 Å².